The fraction of sp³-hybridized carbons (Fsp3) is 0.167. The van der Waals surface area contributed by atoms with E-state index < -0.39 is 0 Å². The van der Waals surface area contributed by atoms with Gasteiger partial charge in [-0.1, -0.05) is 18.7 Å². The minimum absolute atomic E-state index is 0.339. The van der Waals surface area contributed by atoms with Gasteiger partial charge in [-0.25, -0.2) is 9.36 Å². The fourth-order valence-corrected chi connectivity index (χ4v) is 1.68. The number of hydrogen-bond acceptors (Lipinski definition) is 2. The van der Waals surface area contributed by atoms with Gasteiger partial charge in [0.1, 0.15) is 0 Å². The summed E-state index contributed by atoms with van der Waals surface area (Å²) in [6.45, 7) is 5.16. The Balaban J connectivity index is 2.90. The zero-order chi connectivity index (χ0) is 11.9. The molecule has 0 aliphatic heterocycles. The summed E-state index contributed by atoms with van der Waals surface area (Å²) in [5.41, 5.74) is 1.36. The molecule has 0 saturated heterocycles. The van der Waals surface area contributed by atoms with Crippen LogP contribution in [0.15, 0.2) is 41.2 Å². The molecule has 0 aliphatic rings. The lowest BCUT2D eigenvalue weighted by molar-refractivity contribution is 0.0956. The minimum Gasteiger partial charge on any atom is -0.295 e. The molecule has 4 heteroatoms. The molecule has 0 atom stereocenters. The minimum atomic E-state index is -0.359. The highest BCUT2D eigenvalue weighted by molar-refractivity contribution is 5.99. The number of nitrogens with zero attached hydrogens (tertiary/aromatic N) is 2. The third-order valence-corrected chi connectivity index (χ3v) is 2.53. The van der Waals surface area contributed by atoms with Gasteiger partial charge in [0, 0.05) is 12.6 Å². The van der Waals surface area contributed by atoms with Crippen molar-refractivity contribution in [3.8, 4) is 0 Å². The molecule has 0 spiro atoms. The van der Waals surface area contributed by atoms with E-state index in [9.17, 15) is 9.59 Å². The summed E-state index contributed by atoms with van der Waals surface area (Å²) in [6, 6.07) is 7.18. The fourth-order valence-electron chi connectivity index (χ4n) is 1.68. The van der Waals surface area contributed by atoms with Gasteiger partial charge in [-0.15, -0.1) is 0 Å². The number of allylic oxidation sites excluding steroid dienone is 1. The van der Waals surface area contributed by atoms with Gasteiger partial charge >= 0.3 is 5.69 Å². The molecule has 0 amide bonds. The molecule has 0 bridgehead atoms. The van der Waals surface area contributed by atoms with E-state index in [0.29, 0.717) is 11.1 Å². The molecule has 1 aromatic heterocycles. The number of imidazole rings is 1. The predicted octanol–water partition coefficient (Wildman–Crippen LogP) is 1.56. The average Bonchev–Trinajstić information content (AvgIpc) is 2.52. The number of aromatic nitrogens is 2. The van der Waals surface area contributed by atoms with Crippen molar-refractivity contribution in [2.24, 2.45) is 7.05 Å². The van der Waals surface area contributed by atoms with Crippen molar-refractivity contribution in [3.63, 3.8) is 0 Å². The molecule has 4 nitrogen and oxygen atoms in total. The van der Waals surface area contributed by atoms with E-state index in [4.69, 9.17) is 0 Å². The van der Waals surface area contributed by atoms with Gasteiger partial charge in [-0.05, 0) is 19.1 Å². The highest BCUT2D eigenvalue weighted by atomic mass is 16.2. The molecule has 0 unspecified atom stereocenters. The van der Waals surface area contributed by atoms with Crippen molar-refractivity contribution in [2.45, 2.75) is 6.92 Å². The van der Waals surface area contributed by atoms with Gasteiger partial charge in [0.05, 0.1) is 11.0 Å². The standard InChI is InChI=1S/C12H12N2O2/c1-8(2)11(15)14-10-7-5-4-6-9(10)13(3)12(14)16/h4-7H,1H2,2-3H3. The largest absolute Gasteiger partial charge is 0.335 e. The van der Waals surface area contributed by atoms with Crippen LogP contribution in [0, 0.1) is 0 Å². The van der Waals surface area contributed by atoms with Crippen LogP contribution in [0.25, 0.3) is 11.0 Å². The quantitative estimate of drug-likeness (QED) is 0.679. The van der Waals surface area contributed by atoms with Gasteiger partial charge in [0.15, 0.2) is 0 Å². The highest BCUT2D eigenvalue weighted by Gasteiger charge is 2.16. The summed E-state index contributed by atoms with van der Waals surface area (Å²) < 4.78 is 2.60. The Morgan fingerprint density at radius 3 is 2.38 bits per heavy atom. The molecule has 1 aromatic carbocycles. The van der Waals surface area contributed by atoms with Crippen molar-refractivity contribution < 1.29 is 4.79 Å². The van der Waals surface area contributed by atoms with E-state index in [-0.39, 0.29) is 11.6 Å². The van der Waals surface area contributed by atoms with Crippen LogP contribution in [0.1, 0.15) is 11.7 Å². The van der Waals surface area contributed by atoms with Crippen LogP contribution < -0.4 is 5.69 Å². The number of carbonyl (C=O) groups excluding carboxylic acids is 1. The maximum atomic E-state index is 11.9. The van der Waals surface area contributed by atoms with E-state index in [1.807, 2.05) is 6.07 Å². The third kappa shape index (κ3) is 1.31. The van der Waals surface area contributed by atoms with Crippen molar-refractivity contribution in [1.82, 2.24) is 9.13 Å². The molecule has 2 rings (SSSR count). The Labute approximate surface area is 92.4 Å². The average molecular weight is 216 g/mol. The first-order valence-corrected chi connectivity index (χ1v) is 4.90. The summed E-state index contributed by atoms with van der Waals surface area (Å²) >= 11 is 0. The van der Waals surface area contributed by atoms with Gasteiger partial charge in [0.2, 0.25) is 0 Å². The Morgan fingerprint density at radius 1 is 1.25 bits per heavy atom. The molecule has 82 valence electrons. The van der Waals surface area contributed by atoms with E-state index in [2.05, 4.69) is 6.58 Å². The summed E-state index contributed by atoms with van der Waals surface area (Å²) in [7, 11) is 1.65. The van der Waals surface area contributed by atoms with Crippen molar-refractivity contribution in [2.75, 3.05) is 0 Å². The molecular weight excluding hydrogens is 204 g/mol. The van der Waals surface area contributed by atoms with Crippen molar-refractivity contribution in [3.05, 3.63) is 46.9 Å². The van der Waals surface area contributed by atoms with Crippen molar-refractivity contribution in [1.29, 1.82) is 0 Å². The summed E-state index contributed by atoms with van der Waals surface area (Å²) in [4.78, 5) is 23.7. The number of aryl methyl sites for hydroxylation is 1. The van der Waals surface area contributed by atoms with E-state index in [0.717, 1.165) is 10.1 Å². The number of carbonyl (C=O) groups is 1. The number of rotatable bonds is 1. The van der Waals surface area contributed by atoms with E-state index in [1.165, 1.54) is 4.57 Å². The van der Waals surface area contributed by atoms with E-state index >= 15 is 0 Å². The summed E-state index contributed by atoms with van der Waals surface area (Å²) in [6.07, 6.45) is 0. The molecule has 2 aromatic rings. The summed E-state index contributed by atoms with van der Waals surface area (Å²) in [5, 5.41) is 0. The number of benzene rings is 1. The molecule has 0 saturated carbocycles. The van der Waals surface area contributed by atoms with E-state index in [1.54, 1.807) is 32.2 Å². The molecule has 0 aliphatic carbocycles. The molecular formula is C12H12N2O2. The summed E-state index contributed by atoms with van der Waals surface area (Å²) in [5.74, 6) is -0.359. The normalized spacial score (nSPS) is 10.6. The van der Waals surface area contributed by atoms with Gasteiger partial charge < -0.3 is 0 Å². The second-order valence-corrected chi connectivity index (χ2v) is 3.75. The lowest BCUT2D eigenvalue weighted by Crippen LogP contribution is -2.27. The van der Waals surface area contributed by atoms with Crippen LogP contribution in [0.4, 0.5) is 0 Å². The Hall–Kier alpha value is -2.10. The van der Waals surface area contributed by atoms with Crippen LogP contribution >= 0.6 is 0 Å². The molecule has 0 radical (unpaired) electrons. The third-order valence-electron chi connectivity index (χ3n) is 2.53. The Bertz CT molecular complexity index is 647. The smallest absolute Gasteiger partial charge is 0.295 e. The lowest BCUT2D eigenvalue weighted by atomic mass is 10.3. The second-order valence-electron chi connectivity index (χ2n) is 3.75. The first-order valence-electron chi connectivity index (χ1n) is 4.90. The maximum Gasteiger partial charge on any atom is 0.335 e. The predicted molar refractivity (Wildman–Crippen MR) is 62.6 cm³/mol. The Kier molecular flexibility index (Phi) is 2.27. The van der Waals surface area contributed by atoms with Crippen LogP contribution in [-0.2, 0) is 7.05 Å². The second kappa shape index (κ2) is 3.48. The molecule has 0 N–H and O–H groups in total. The monoisotopic (exact) mass is 216 g/mol. The van der Waals surface area contributed by atoms with Crippen molar-refractivity contribution >= 4 is 16.9 Å². The van der Waals surface area contributed by atoms with Gasteiger partial charge in [0.25, 0.3) is 5.91 Å². The first kappa shape index (κ1) is 10.4. The van der Waals surface area contributed by atoms with Gasteiger partial charge in [-0.2, -0.15) is 0 Å². The molecule has 16 heavy (non-hydrogen) atoms. The van der Waals surface area contributed by atoms with Crippen LogP contribution in [0.2, 0.25) is 0 Å². The van der Waals surface area contributed by atoms with Crippen LogP contribution in [0.3, 0.4) is 0 Å². The lowest BCUT2D eigenvalue weighted by Gasteiger charge is -1.99. The first-order chi connectivity index (χ1) is 7.54. The number of hydrogen-bond donors (Lipinski definition) is 0. The highest BCUT2D eigenvalue weighted by Crippen LogP contribution is 2.12. The molecule has 1 heterocycles. The molecule has 0 fully saturated rings. The SMILES string of the molecule is C=C(C)C(=O)n1c(=O)n(C)c2ccccc21. The van der Waals surface area contributed by atoms with Crippen LogP contribution in [0.5, 0.6) is 0 Å². The van der Waals surface area contributed by atoms with Crippen LogP contribution in [-0.4, -0.2) is 15.0 Å². The number of para-hydroxylation sites is 2. The zero-order valence-corrected chi connectivity index (χ0v) is 9.23. The maximum absolute atomic E-state index is 11.9. The Morgan fingerprint density at radius 2 is 1.81 bits per heavy atom. The topological polar surface area (TPSA) is 44.0 Å². The zero-order valence-electron chi connectivity index (χ0n) is 9.23. The van der Waals surface area contributed by atoms with Gasteiger partial charge in [-0.3, -0.25) is 9.36 Å². The number of fused-ring (bicyclic) bond motifs is 1.